The van der Waals surface area contributed by atoms with Crippen LogP contribution in [-0.2, 0) is 4.79 Å². The Morgan fingerprint density at radius 3 is 2.50 bits per heavy atom. The molecule has 0 spiro atoms. The van der Waals surface area contributed by atoms with Crippen LogP contribution >= 0.6 is 11.8 Å². The Labute approximate surface area is 76.9 Å². The van der Waals surface area contributed by atoms with Gasteiger partial charge in [0, 0.05) is 11.2 Å². The van der Waals surface area contributed by atoms with Crippen LogP contribution in [0, 0.1) is 0 Å². The lowest BCUT2D eigenvalue weighted by Gasteiger charge is -2.20. The number of aliphatic hydroxyl groups is 1. The second-order valence-electron chi connectivity index (χ2n) is 3.98. The first-order valence-electron chi connectivity index (χ1n) is 4.05. The molecule has 12 heavy (non-hydrogen) atoms. The van der Waals surface area contributed by atoms with E-state index < -0.39 is 6.23 Å². The Hall–Kier alpha value is -0.220. The Bertz CT molecular complexity index is 188. The highest BCUT2D eigenvalue weighted by Crippen LogP contribution is 2.32. The van der Waals surface area contributed by atoms with Gasteiger partial charge >= 0.3 is 0 Å². The maximum Gasteiger partial charge on any atom is 0.235 e. The summed E-state index contributed by atoms with van der Waals surface area (Å²) in [5.41, 5.74) is 0. The summed E-state index contributed by atoms with van der Waals surface area (Å²) in [6.07, 6.45) is -0.113. The number of rotatable bonds is 1. The van der Waals surface area contributed by atoms with E-state index in [0.717, 1.165) is 0 Å². The first-order valence-corrected chi connectivity index (χ1v) is 4.93. The number of carbonyl (C=O) groups is 1. The van der Waals surface area contributed by atoms with Crippen molar-refractivity contribution in [3.63, 3.8) is 0 Å². The smallest absolute Gasteiger partial charge is 0.235 e. The number of amides is 1. The molecule has 70 valence electrons. The van der Waals surface area contributed by atoms with E-state index in [0.29, 0.717) is 6.42 Å². The van der Waals surface area contributed by atoms with Gasteiger partial charge in [-0.15, -0.1) is 11.8 Å². The zero-order valence-corrected chi connectivity index (χ0v) is 8.44. The van der Waals surface area contributed by atoms with Crippen molar-refractivity contribution in [1.82, 2.24) is 5.32 Å². The number of carbonyl (C=O) groups excluding carboxylic acids is 1. The van der Waals surface area contributed by atoms with Gasteiger partial charge in [-0.1, -0.05) is 20.8 Å². The molecule has 2 unspecified atom stereocenters. The summed E-state index contributed by atoms with van der Waals surface area (Å²) in [7, 11) is 0. The maximum absolute atomic E-state index is 11.2. The molecular formula is C8H15NO2S. The molecule has 2 atom stereocenters. The van der Waals surface area contributed by atoms with Gasteiger partial charge in [0.05, 0.1) is 5.25 Å². The Balaban J connectivity index is 2.49. The van der Waals surface area contributed by atoms with Crippen molar-refractivity contribution in [2.24, 2.45) is 0 Å². The van der Waals surface area contributed by atoms with Gasteiger partial charge in [-0.3, -0.25) is 4.79 Å². The normalized spacial score (nSPS) is 30.5. The van der Waals surface area contributed by atoms with Crippen molar-refractivity contribution >= 4 is 17.7 Å². The molecule has 0 radical (unpaired) electrons. The molecular weight excluding hydrogens is 174 g/mol. The highest BCUT2D eigenvalue weighted by Gasteiger charge is 2.33. The summed E-state index contributed by atoms with van der Waals surface area (Å²) in [5, 5.41) is 11.5. The largest absolute Gasteiger partial charge is 0.374 e. The van der Waals surface area contributed by atoms with Crippen molar-refractivity contribution in [2.75, 3.05) is 0 Å². The average molecular weight is 189 g/mol. The predicted octanol–water partition coefficient (Wildman–Crippen LogP) is 0.725. The Morgan fingerprint density at radius 2 is 2.17 bits per heavy atom. The molecule has 0 aromatic rings. The average Bonchev–Trinajstić information content (AvgIpc) is 2.06. The van der Waals surface area contributed by atoms with Gasteiger partial charge in [0.25, 0.3) is 0 Å². The minimum atomic E-state index is -0.641. The zero-order valence-electron chi connectivity index (χ0n) is 7.63. The van der Waals surface area contributed by atoms with E-state index in [-0.39, 0.29) is 15.9 Å². The number of thioether (sulfide) groups is 1. The fourth-order valence-corrected chi connectivity index (χ4v) is 2.46. The predicted molar refractivity (Wildman–Crippen MR) is 49.9 cm³/mol. The summed E-state index contributed by atoms with van der Waals surface area (Å²) in [6.45, 7) is 6.20. The summed E-state index contributed by atoms with van der Waals surface area (Å²) in [6, 6.07) is 0. The quantitative estimate of drug-likeness (QED) is 0.639. The van der Waals surface area contributed by atoms with Crippen LogP contribution in [0.2, 0.25) is 0 Å². The molecule has 0 bridgehead atoms. The van der Waals surface area contributed by atoms with Crippen LogP contribution in [0.5, 0.6) is 0 Å². The van der Waals surface area contributed by atoms with Crippen LogP contribution in [0.25, 0.3) is 0 Å². The summed E-state index contributed by atoms with van der Waals surface area (Å²) < 4.78 is 0.0755. The fraction of sp³-hybridized carbons (Fsp3) is 0.875. The summed E-state index contributed by atoms with van der Waals surface area (Å²) >= 11 is 1.60. The molecule has 0 aromatic heterocycles. The van der Waals surface area contributed by atoms with Gasteiger partial charge in [0.1, 0.15) is 6.23 Å². The van der Waals surface area contributed by atoms with Crippen LogP contribution < -0.4 is 5.32 Å². The van der Waals surface area contributed by atoms with Crippen LogP contribution in [0.15, 0.2) is 0 Å². The van der Waals surface area contributed by atoms with Gasteiger partial charge < -0.3 is 10.4 Å². The van der Waals surface area contributed by atoms with Crippen molar-refractivity contribution < 1.29 is 9.90 Å². The highest BCUT2D eigenvalue weighted by molar-refractivity contribution is 8.01. The van der Waals surface area contributed by atoms with Gasteiger partial charge in [-0.2, -0.15) is 0 Å². The van der Waals surface area contributed by atoms with E-state index in [1.807, 2.05) is 0 Å². The maximum atomic E-state index is 11.2. The molecule has 0 saturated carbocycles. The van der Waals surface area contributed by atoms with E-state index in [2.05, 4.69) is 26.1 Å². The van der Waals surface area contributed by atoms with Crippen molar-refractivity contribution in [2.45, 2.75) is 43.4 Å². The molecule has 1 heterocycles. The van der Waals surface area contributed by atoms with E-state index in [4.69, 9.17) is 5.11 Å². The molecule has 1 saturated heterocycles. The lowest BCUT2D eigenvalue weighted by Crippen LogP contribution is -2.27. The molecule has 2 N–H and O–H groups in total. The van der Waals surface area contributed by atoms with Gasteiger partial charge in [-0.25, -0.2) is 0 Å². The SMILES string of the molecule is CC(C)(C)SC1CC(O)NC1=O. The van der Waals surface area contributed by atoms with E-state index in [1.54, 1.807) is 11.8 Å². The Morgan fingerprint density at radius 1 is 1.58 bits per heavy atom. The molecule has 1 fully saturated rings. The first kappa shape index (κ1) is 9.86. The molecule has 1 amide bonds. The second-order valence-corrected chi connectivity index (χ2v) is 6.01. The van der Waals surface area contributed by atoms with Crippen LogP contribution in [-0.4, -0.2) is 27.2 Å². The lowest BCUT2D eigenvalue weighted by molar-refractivity contribution is -0.119. The van der Waals surface area contributed by atoms with Crippen LogP contribution in [0.3, 0.4) is 0 Å². The van der Waals surface area contributed by atoms with Crippen LogP contribution in [0.4, 0.5) is 0 Å². The van der Waals surface area contributed by atoms with Crippen molar-refractivity contribution in [3.8, 4) is 0 Å². The first-order chi connectivity index (χ1) is 5.38. The summed E-state index contributed by atoms with van der Waals surface area (Å²) in [4.78, 5) is 11.2. The van der Waals surface area contributed by atoms with Gasteiger partial charge in [0.15, 0.2) is 0 Å². The number of hydrogen-bond acceptors (Lipinski definition) is 3. The minimum absolute atomic E-state index is 0.0394. The molecule has 0 aromatic carbocycles. The molecule has 0 aliphatic carbocycles. The highest BCUT2D eigenvalue weighted by atomic mass is 32.2. The zero-order chi connectivity index (χ0) is 9.35. The third-order valence-electron chi connectivity index (χ3n) is 1.53. The Kier molecular flexibility index (Phi) is 2.68. The van der Waals surface area contributed by atoms with Crippen molar-refractivity contribution in [3.05, 3.63) is 0 Å². The monoisotopic (exact) mass is 189 g/mol. The van der Waals surface area contributed by atoms with Gasteiger partial charge in [0.2, 0.25) is 5.91 Å². The molecule has 1 aliphatic heterocycles. The van der Waals surface area contributed by atoms with E-state index in [1.165, 1.54) is 0 Å². The summed E-state index contributed by atoms with van der Waals surface area (Å²) in [5.74, 6) is -0.0394. The van der Waals surface area contributed by atoms with Gasteiger partial charge in [-0.05, 0) is 0 Å². The molecule has 3 nitrogen and oxygen atoms in total. The minimum Gasteiger partial charge on any atom is -0.374 e. The standard InChI is InChI=1S/C8H15NO2S/c1-8(2,3)12-5-4-6(10)9-7(5)11/h5-6,10H,4H2,1-3H3,(H,9,11). The molecule has 1 aliphatic rings. The number of nitrogens with one attached hydrogen (secondary N) is 1. The topological polar surface area (TPSA) is 49.3 Å². The van der Waals surface area contributed by atoms with E-state index in [9.17, 15) is 4.79 Å². The molecule has 4 heteroatoms. The lowest BCUT2D eigenvalue weighted by atomic mass is 10.3. The fourth-order valence-electron chi connectivity index (χ4n) is 1.15. The van der Waals surface area contributed by atoms with Crippen LogP contribution in [0.1, 0.15) is 27.2 Å². The van der Waals surface area contributed by atoms with E-state index >= 15 is 0 Å². The third kappa shape index (κ3) is 2.68. The molecule has 1 rings (SSSR count). The second kappa shape index (κ2) is 3.26. The number of aliphatic hydroxyl groups excluding tert-OH is 1. The van der Waals surface area contributed by atoms with Crippen molar-refractivity contribution in [1.29, 1.82) is 0 Å². The third-order valence-corrected chi connectivity index (χ3v) is 2.93. The number of hydrogen-bond donors (Lipinski definition) is 2.